The highest BCUT2D eigenvalue weighted by atomic mass is 19.1. The molecule has 4 rings (SSSR count). The van der Waals surface area contributed by atoms with Gasteiger partial charge < -0.3 is 11.1 Å². The largest absolute Gasteiger partial charge is 0.397 e. The van der Waals surface area contributed by atoms with Crippen LogP contribution >= 0.6 is 0 Å². The lowest BCUT2D eigenvalue weighted by Gasteiger charge is -2.09. The molecule has 0 aliphatic heterocycles. The summed E-state index contributed by atoms with van der Waals surface area (Å²) in [6.07, 6.45) is 0. The maximum atomic E-state index is 14.1. The number of rotatable bonds is 4. The second kappa shape index (κ2) is 7.35. The minimum atomic E-state index is -0.658. The fourth-order valence-electron chi connectivity index (χ4n) is 3.22. The van der Waals surface area contributed by atoms with Gasteiger partial charge in [-0.15, -0.1) is 0 Å². The Labute approximate surface area is 165 Å². The lowest BCUT2D eigenvalue weighted by Crippen LogP contribution is -2.13. The molecular formula is C22H18F2N4O. The Morgan fingerprint density at radius 2 is 1.83 bits per heavy atom. The molecular weight excluding hydrogens is 374 g/mol. The first kappa shape index (κ1) is 18.6. The maximum absolute atomic E-state index is 14.1. The summed E-state index contributed by atoms with van der Waals surface area (Å²) in [4.78, 5) is 12.4. The number of aryl methyl sites for hydroxylation is 1. The van der Waals surface area contributed by atoms with Crippen molar-refractivity contribution in [3.05, 3.63) is 89.1 Å². The number of fused-ring (bicyclic) bond motifs is 1. The molecule has 0 bridgehead atoms. The van der Waals surface area contributed by atoms with Crippen LogP contribution in [0.5, 0.6) is 0 Å². The molecule has 29 heavy (non-hydrogen) atoms. The van der Waals surface area contributed by atoms with E-state index in [0.29, 0.717) is 34.6 Å². The molecule has 0 aliphatic carbocycles. The molecule has 4 aromatic rings. The number of carbonyl (C=O) groups excluding carboxylic acids is 1. The minimum Gasteiger partial charge on any atom is -0.397 e. The van der Waals surface area contributed by atoms with Crippen molar-refractivity contribution in [2.45, 2.75) is 13.5 Å². The fourth-order valence-corrected chi connectivity index (χ4v) is 3.22. The Balaban J connectivity index is 1.54. The zero-order valence-corrected chi connectivity index (χ0v) is 15.6. The summed E-state index contributed by atoms with van der Waals surface area (Å²) in [5.74, 6) is -1.56. The Bertz CT molecular complexity index is 1220. The number of nitrogens with two attached hydrogens (primary N) is 1. The average Bonchev–Trinajstić information content (AvgIpc) is 2.99. The van der Waals surface area contributed by atoms with Gasteiger partial charge in [0.2, 0.25) is 0 Å². The molecule has 0 saturated heterocycles. The van der Waals surface area contributed by atoms with Crippen LogP contribution in [-0.2, 0) is 6.54 Å². The third kappa shape index (κ3) is 3.67. The van der Waals surface area contributed by atoms with Crippen molar-refractivity contribution >= 4 is 28.2 Å². The Morgan fingerprint density at radius 1 is 1.10 bits per heavy atom. The highest BCUT2D eigenvalue weighted by Crippen LogP contribution is 2.23. The normalized spacial score (nSPS) is 11.0. The third-order valence-corrected chi connectivity index (χ3v) is 4.77. The van der Waals surface area contributed by atoms with Gasteiger partial charge in [-0.05, 0) is 36.8 Å². The van der Waals surface area contributed by atoms with Crippen molar-refractivity contribution in [2.24, 2.45) is 0 Å². The smallest absolute Gasteiger partial charge is 0.255 e. The van der Waals surface area contributed by atoms with Gasteiger partial charge in [0.25, 0.3) is 5.91 Å². The fraction of sp³-hybridized carbons (Fsp3) is 0.0909. The molecule has 0 saturated carbocycles. The van der Waals surface area contributed by atoms with Crippen molar-refractivity contribution < 1.29 is 13.6 Å². The number of halogens is 2. The van der Waals surface area contributed by atoms with Gasteiger partial charge in [0.1, 0.15) is 11.6 Å². The second-order valence-corrected chi connectivity index (χ2v) is 6.76. The standard InChI is InChI=1S/C22H18F2N4O/c1-13-21-17(24)10-16(23)11-20(21)27-28(13)12-14-6-8-15(9-7-14)22(29)26-19-5-3-2-4-18(19)25/h2-11H,12,25H2,1H3,(H,26,29). The minimum absolute atomic E-state index is 0.270. The second-order valence-electron chi connectivity index (χ2n) is 6.76. The molecule has 0 fully saturated rings. The van der Waals surface area contributed by atoms with E-state index in [-0.39, 0.29) is 11.4 Å². The summed E-state index contributed by atoms with van der Waals surface area (Å²) in [6.45, 7) is 2.11. The van der Waals surface area contributed by atoms with E-state index in [1.165, 1.54) is 6.07 Å². The SMILES string of the molecule is Cc1c2c(F)cc(F)cc2nn1Cc1ccc(C(=O)Nc2ccccc2N)cc1. The summed E-state index contributed by atoms with van der Waals surface area (Å²) in [7, 11) is 0. The zero-order valence-electron chi connectivity index (χ0n) is 15.6. The molecule has 1 aromatic heterocycles. The predicted molar refractivity (Wildman–Crippen MR) is 109 cm³/mol. The highest BCUT2D eigenvalue weighted by Gasteiger charge is 2.14. The van der Waals surface area contributed by atoms with E-state index in [0.717, 1.165) is 11.6 Å². The van der Waals surface area contributed by atoms with Crippen LogP contribution in [0.15, 0.2) is 60.7 Å². The lowest BCUT2D eigenvalue weighted by molar-refractivity contribution is 0.102. The predicted octanol–water partition coefficient (Wildman–Crippen LogP) is 4.51. The first-order chi connectivity index (χ1) is 13.9. The molecule has 146 valence electrons. The van der Waals surface area contributed by atoms with Crippen molar-refractivity contribution in [1.82, 2.24) is 9.78 Å². The molecule has 7 heteroatoms. The topological polar surface area (TPSA) is 72.9 Å². The first-order valence-corrected chi connectivity index (χ1v) is 8.99. The number of nitrogens with one attached hydrogen (secondary N) is 1. The first-order valence-electron chi connectivity index (χ1n) is 8.99. The number of hydrogen-bond acceptors (Lipinski definition) is 3. The molecule has 0 radical (unpaired) electrons. The van der Waals surface area contributed by atoms with Gasteiger partial charge in [0.05, 0.1) is 28.8 Å². The number of nitrogen functional groups attached to an aromatic ring is 1. The van der Waals surface area contributed by atoms with E-state index in [1.807, 2.05) is 0 Å². The summed E-state index contributed by atoms with van der Waals surface area (Å²) >= 11 is 0. The average molecular weight is 392 g/mol. The van der Waals surface area contributed by atoms with E-state index in [2.05, 4.69) is 10.4 Å². The molecule has 3 N–H and O–H groups in total. The molecule has 3 aromatic carbocycles. The molecule has 1 amide bonds. The molecule has 0 spiro atoms. The quantitative estimate of drug-likeness (QED) is 0.502. The van der Waals surface area contributed by atoms with Gasteiger partial charge in [-0.2, -0.15) is 5.10 Å². The molecule has 0 unspecified atom stereocenters. The van der Waals surface area contributed by atoms with Crippen LogP contribution in [0.25, 0.3) is 10.9 Å². The molecule has 0 atom stereocenters. The van der Waals surface area contributed by atoms with Crippen molar-refractivity contribution in [3.8, 4) is 0 Å². The number of benzene rings is 3. The van der Waals surface area contributed by atoms with Crippen LogP contribution in [0.4, 0.5) is 20.2 Å². The number of anilines is 2. The van der Waals surface area contributed by atoms with E-state index >= 15 is 0 Å². The van der Waals surface area contributed by atoms with Crippen molar-refractivity contribution in [1.29, 1.82) is 0 Å². The summed E-state index contributed by atoms with van der Waals surface area (Å²) in [5, 5.41) is 7.38. The summed E-state index contributed by atoms with van der Waals surface area (Å²) in [6, 6.07) is 16.1. The number of nitrogens with zero attached hydrogens (tertiary/aromatic N) is 2. The van der Waals surface area contributed by atoms with Crippen LogP contribution in [-0.4, -0.2) is 15.7 Å². The van der Waals surface area contributed by atoms with E-state index < -0.39 is 11.6 Å². The summed E-state index contributed by atoms with van der Waals surface area (Å²) in [5.41, 5.74) is 9.12. The molecule has 1 heterocycles. The van der Waals surface area contributed by atoms with E-state index in [9.17, 15) is 13.6 Å². The Hall–Kier alpha value is -3.74. The Kier molecular flexibility index (Phi) is 4.72. The van der Waals surface area contributed by atoms with Gasteiger partial charge >= 0.3 is 0 Å². The monoisotopic (exact) mass is 392 g/mol. The van der Waals surface area contributed by atoms with Gasteiger partial charge in [-0.3, -0.25) is 9.48 Å². The number of hydrogen-bond donors (Lipinski definition) is 2. The van der Waals surface area contributed by atoms with Crippen molar-refractivity contribution in [3.63, 3.8) is 0 Å². The van der Waals surface area contributed by atoms with E-state index in [1.54, 1.807) is 60.1 Å². The van der Waals surface area contributed by atoms with Gasteiger partial charge in [0, 0.05) is 23.4 Å². The lowest BCUT2D eigenvalue weighted by atomic mass is 10.1. The van der Waals surface area contributed by atoms with Crippen molar-refractivity contribution in [2.75, 3.05) is 11.1 Å². The number of carbonyl (C=O) groups is 1. The van der Waals surface area contributed by atoms with Crippen LogP contribution in [0.1, 0.15) is 21.6 Å². The summed E-state index contributed by atoms with van der Waals surface area (Å²) < 4.78 is 29.1. The zero-order chi connectivity index (χ0) is 20.5. The third-order valence-electron chi connectivity index (χ3n) is 4.77. The van der Waals surface area contributed by atoms with Crippen LogP contribution in [0.3, 0.4) is 0 Å². The number of amides is 1. The maximum Gasteiger partial charge on any atom is 0.255 e. The van der Waals surface area contributed by atoms with Crippen LogP contribution in [0.2, 0.25) is 0 Å². The van der Waals surface area contributed by atoms with Gasteiger partial charge in [0.15, 0.2) is 0 Å². The van der Waals surface area contributed by atoms with E-state index in [4.69, 9.17) is 5.73 Å². The van der Waals surface area contributed by atoms with Gasteiger partial charge in [-0.1, -0.05) is 24.3 Å². The number of aromatic nitrogens is 2. The Morgan fingerprint density at radius 3 is 2.55 bits per heavy atom. The van der Waals surface area contributed by atoms with Crippen LogP contribution in [0, 0.1) is 18.6 Å². The van der Waals surface area contributed by atoms with Gasteiger partial charge in [-0.25, -0.2) is 8.78 Å². The molecule has 0 aliphatic rings. The molecule has 5 nitrogen and oxygen atoms in total. The number of para-hydroxylation sites is 2. The van der Waals surface area contributed by atoms with Crippen LogP contribution < -0.4 is 11.1 Å². The highest BCUT2D eigenvalue weighted by molar-refractivity contribution is 6.05.